The molecular formula is C33H39N13O5. The number of azo groups is 2. The second-order valence-corrected chi connectivity index (χ2v) is 11.5. The molecule has 51 heavy (non-hydrogen) atoms. The fourth-order valence-electron chi connectivity index (χ4n) is 4.74. The Morgan fingerprint density at radius 2 is 1.31 bits per heavy atom. The third-order valence-corrected chi connectivity index (χ3v) is 7.54. The van der Waals surface area contributed by atoms with E-state index < -0.39 is 12.2 Å². The summed E-state index contributed by atoms with van der Waals surface area (Å²) in [5.74, 6) is -0.0226. The molecule has 2 aromatic heterocycles. The molecule has 18 heteroatoms. The number of nitrogen functional groups attached to an aromatic ring is 4. The van der Waals surface area contributed by atoms with Crippen LogP contribution in [0.25, 0.3) is 0 Å². The van der Waals surface area contributed by atoms with Crippen molar-refractivity contribution in [3.8, 4) is 11.5 Å². The monoisotopic (exact) mass is 697 g/mol. The Bertz CT molecular complexity index is 1880. The van der Waals surface area contributed by atoms with Crippen LogP contribution in [0.1, 0.15) is 0 Å². The Hall–Kier alpha value is -6.40. The molecule has 0 saturated carbocycles. The van der Waals surface area contributed by atoms with Gasteiger partial charge in [-0.1, -0.05) is 36.4 Å². The number of carbonyl (C=O) groups is 2. The molecule has 18 nitrogen and oxygen atoms in total. The quantitative estimate of drug-likeness (QED) is 0.153. The molecule has 3 heterocycles. The smallest absolute Gasteiger partial charge is 0.406 e. The van der Waals surface area contributed by atoms with E-state index in [1.54, 1.807) is 31.3 Å². The van der Waals surface area contributed by atoms with Gasteiger partial charge in [0.25, 0.3) is 0 Å². The van der Waals surface area contributed by atoms with Gasteiger partial charge in [-0.2, -0.15) is 10.2 Å². The van der Waals surface area contributed by atoms with Crippen LogP contribution in [0.4, 0.5) is 55.6 Å². The van der Waals surface area contributed by atoms with E-state index in [1.807, 2.05) is 48.3 Å². The number of ether oxygens (including phenoxy) is 3. The minimum atomic E-state index is -0.656. The summed E-state index contributed by atoms with van der Waals surface area (Å²) in [7, 11) is 3.46. The number of anilines is 4. The zero-order chi connectivity index (χ0) is 36.3. The number of nitrogens with zero attached hydrogens (tertiary/aromatic N) is 9. The molecule has 1 aliphatic heterocycles. The van der Waals surface area contributed by atoms with Crippen LogP contribution < -0.4 is 32.4 Å². The molecule has 4 aromatic rings. The molecule has 266 valence electrons. The van der Waals surface area contributed by atoms with Crippen LogP contribution in [0.15, 0.2) is 93.3 Å². The molecule has 0 radical (unpaired) electrons. The Morgan fingerprint density at radius 3 is 1.86 bits per heavy atom. The van der Waals surface area contributed by atoms with Crippen LogP contribution in [0, 0.1) is 0 Å². The third kappa shape index (κ3) is 10.1. The van der Waals surface area contributed by atoms with Crippen molar-refractivity contribution in [2.75, 3.05) is 76.4 Å². The maximum Gasteiger partial charge on any atom is 0.415 e. The van der Waals surface area contributed by atoms with Crippen molar-refractivity contribution < 1.29 is 23.8 Å². The number of aromatic nitrogens is 2. The summed E-state index contributed by atoms with van der Waals surface area (Å²) in [5.41, 5.74) is 25.5. The summed E-state index contributed by atoms with van der Waals surface area (Å²) < 4.78 is 17.0. The molecule has 5 rings (SSSR count). The van der Waals surface area contributed by atoms with E-state index in [0.29, 0.717) is 44.2 Å². The lowest BCUT2D eigenvalue weighted by Crippen LogP contribution is -2.50. The standard InChI is InChI=1S/C33H39N13O5/c1-44(13-14-45(2)32(47)50-26-17-24(28(34)38-30(26)36)42-40-21-9-5-3-6-10-21)19-23-20-46(15-16-49-23)33(48)51-27-18-25(29(35)39-31(27)37)43-41-22-11-7-4-8-12-22/h3-12,17-18,23H,13-16,19-20H2,1-2H3,(H4,34,36,38)(H4,35,37,39)/b42-40+,43-41+. The lowest BCUT2D eigenvalue weighted by atomic mass is 10.2. The topological polar surface area (TPSA) is 251 Å². The van der Waals surface area contributed by atoms with Crippen molar-refractivity contribution in [1.29, 1.82) is 0 Å². The van der Waals surface area contributed by atoms with Gasteiger partial charge in [0.2, 0.25) is 0 Å². The van der Waals surface area contributed by atoms with Crippen molar-refractivity contribution in [3.05, 3.63) is 72.8 Å². The minimum Gasteiger partial charge on any atom is -0.406 e. The molecule has 1 aliphatic rings. The summed E-state index contributed by atoms with van der Waals surface area (Å²) in [6.45, 7) is 2.12. The van der Waals surface area contributed by atoms with Gasteiger partial charge in [0, 0.05) is 45.4 Å². The molecule has 1 atom stereocenters. The molecule has 1 saturated heterocycles. The Kier molecular flexibility index (Phi) is 11.8. The predicted molar refractivity (Wildman–Crippen MR) is 191 cm³/mol. The van der Waals surface area contributed by atoms with E-state index in [9.17, 15) is 9.59 Å². The van der Waals surface area contributed by atoms with Gasteiger partial charge in [-0.05, 0) is 31.3 Å². The van der Waals surface area contributed by atoms with Gasteiger partial charge in [-0.15, -0.1) is 10.2 Å². The zero-order valence-corrected chi connectivity index (χ0v) is 28.1. The van der Waals surface area contributed by atoms with Crippen LogP contribution in [-0.4, -0.2) is 96.4 Å². The largest absolute Gasteiger partial charge is 0.415 e. The van der Waals surface area contributed by atoms with Gasteiger partial charge in [0.15, 0.2) is 34.8 Å². The lowest BCUT2D eigenvalue weighted by molar-refractivity contribution is -0.0330. The number of carbonyl (C=O) groups excluding carboxylic acids is 2. The SMILES string of the molecule is CN(CCN(C)C(=O)Oc1cc(/N=N/c2ccccc2)c(N)nc1N)CC1CN(C(=O)Oc2cc(/N=N/c3ccccc3)c(N)nc2N)CCO1. The summed E-state index contributed by atoms with van der Waals surface area (Å²) in [6, 6.07) is 20.9. The second-order valence-electron chi connectivity index (χ2n) is 11.5. The van der Waals surface area contributed by atoms with Gasteiger partial charge in [0.05, 0.1) is 30.6 Å². The summed E-state index contributed by atoms with van der Waals surface area (Å²) >= 11 is 0. The fourth-order valence-corrected chi connectivity index (χ4v) is 4.74. The summed E-state index contributed by atoms with van der Waals surface area (Å²) in [5, 5.41) is 16.5. The number of hydrogen-bond acceptors (Lipinski definition) is 16. The maximum absolute atomic E-state index is 13.1. The Morgan fingerprint density at radius 1 is 0.784 bits per heavy atom. The average Bonchev–Trinajstić information content (AvgIpc) is 3.12. The first kappa shape index (κ1) is 35.9. The molecule has 0 bridgehead atoms. The number of likely N-dealkylation sites (N-methyl/N-ethyl adjacent to an activating group) is 2. The highest BCUT2D eigenvalue weighted by Gasteiger charge is 2.28. The van der Waals surface area contributed by atoms with Crippen LogP contribution in [0.2, 0.25) is 0 Å². The van der Waals surface area contributed by atoms with E-state index in [0.717, 1.165) is 0 Å². The number of pyridine rings is 2. The molecule has 1 fully saturated rings. The highest BCUT2D eigenvalue weighted by molar-refractivity contribution is 5.76. The van der Waals surface area contributed by atoms with Crippen molar-refractivity contribution in [2.45, 2.75) is 6.10 Å². The third-order valence-electron chi connectivity index (χ3n) is 7.54. The Balaban J connectivity index is 1.10. The normalized spacial score (nSPS) is 14.6. The number of morpholine rings is 1. The van der Waals surface area contributed by atoms with Gasteiger partial charge >= 0.3 is 12.2 Å². The van der Waals surface area contributed by atoms with Crippen molar-refractivity contribution in [1.82, 2.24) is 24.7 Å². The van der Waals surface area contributed by atoms with Crippen molar-refractivity contribution in [3.63, 3.8) is 0 Å². The van der Waals surface area contributed by atoms with E-state index in [2.05, 4.69) is 30.4 Å². The molecule has 2 amide bonds. The minimum absolute atomic E-state index is 0.00306. The zero-order valence-electron chi connectivity index (χ0n) is 28.1. The molecule has 0 aliphatic carbocycles. The Labute approximate surface area is 293 Å². The first-order valence-electron chi connectivity index (χ1n) is 15.8. The predicted octanol–water partition coefficient (Wildman–Crippen LogP) is 4.90. The number of nitrogens with two attached hydrogens (primary N) is 4. The number of hydrogen-bond donors (Lipinski definition) is 4. The summed E-state index contributed by atoms with van der Waals surface area (Å²) in [6.07, 6.45) is -1.61. The molecule has 2 aromatic carbocycles. The first-order chi connectivity index (χ1) is 24.5. The van der Waals surface area contributed by atoms with Gasteiger partial charge in [0.1, 0.15) is 11.4 Å². The molecule has 8 N–H and O–H groups in total. The van der Waals surface area contributed by atoms with E-state index in [-0.39, 0.29) is 58.8 Å². The molecular weight excluding hydrogens is 658 g/mol. The van der Waals surface area contributed by atoms with E-state index >= 15 is 0 Å². The highest BCUT2D eigenvalue weighted by Crippen LogP contribution is 2.33. The lowest BCUT2D eigenvalue weighted by Gasteiger charge is -2.34. The van der Waals surface area contributed by atoms with E-state index in [1.165, 1.54) is 21.9 Å². The molecule has 1 unspecified atom stereocenters. The average molecular weight is 698 g/mol. The maximum atomic E-state index is 13.1. The molecule has 0 spiro atoms. The van der Waals surface area contributed by atoms with Gasteiger partial charge in [-0.3, -0.25) is 0 Å². The number of rotatable bonds is 11. The van der Waals surface area contributed by atoms with Crippen molar-refractivity contribution in [2.24, 2.45) is 20.5 Å². The van der Waals surface area contributed by atoms with E-state index in [4.69, 9.17) is 37.1 Å². The number of benzene rings is 2. The second kappa shape index (κ2) is 16.8. The van der Waals surface area contributed by atoms with Crippen LogP contribution >= 0.6 is 0 Å². The number of amides is 2. The van der Waals surface area contributed by atoms with Crippen LogP contribution in [-0.2, 0) is 4.74 Å². The van der Waals surface area contributed by atoms with Gasteiger partial charge in [-0.25, -0.2) is 19.6 Å². The first-order valence-corrected chi connectivity index (χ1v) is 15.8. The van der Waals surface area contributed by atoms with Gasteiger partial charge < -0.3 is 51.8 Å². The summed E-state index contributed by atoms with van der Waals surface area (Å²) in [4.78, 5) is 39.0. The highest BCUT2D eigenvalue weighted by atomic mass is 16.6. The van der Waals surface area contributed by atoms with Crippen LogP contribution in [0.3, 0.4) is 0 Å². The fraction of sp³-hybridized carbons (Fsp3) is 0.273. The van der Waals surface area contributed by atoms with Crippen molar-refractivity contribution >= 4 is 58.2 Å². The van der Waals surface area contributed by atoms with Crippen LogP contribution in [0.5, 0.6) is 11.5 Å².